The molecule has 0 aromatic heterocycles. The Balaban J connectivity index is 2.80. The van der Waals surface area contributed by atoms with Crippen molar-refractivity contribution in [2.45, 2.75) is 13.3 Å². The van der Waals surface area contributed by atoms with Crippen molar-refractivity contribution in [1.82, 2.24) is 4.90 Å². The maximum atomic E-state index is 11.5. The van der Waals surface area contributed by atoms with Gasteiger partial charge in [-0.15, -0.1) is 0 Å². The van der Waals surface area contributed by atoms with E-state index in [4.69, 9.17) is 17.3 Å². The van der Waals surface area contributed by atoms with Crippen molar-refractivity contribution in [2.24, 2.45) is 0 Å². The van der Waals surface area contributed by atoms with Gasteiger partial charge in [0.2, 0.25) is 0 Å². The third kappa shape index (κ3) is 2.33. The van der Waals surface area contributed by atoms with Gasteiger partial charge in [0.05, 0.1) is 4.91 Å². The van der Waals surface area contributed by atoms with Crippen molar-refractivity contribution in [3.63, 3.8) is 0 Å². The molecule has 1 N–H and O–H groups in total. The molecule has 1 aliphatic rings. The van der Waals surface area contributed by atoms with E-state index in [-0.39, 0.29) is 12.5 Å². The molecule has 0 radical (unpaired) electrons. The molecule has 1 aliphatic heterocycles. The monoisotopic (exact) mass is 231 g/mol. The highest BCUT2D eigenvalue weighted by Crippen LogP contribution is 2.30. The molecule has 0 unspecified atom stereocenters. The Morgan fingerprint density at radius 3 is 2.86 bits per heavy atom. The lowest BCUT2D eigenvalue weighted by molar-refractivity contribution is -0.140. The highest BCUT2D eigenvalue weighted by Gasteiger charge is 2.32. The number of aliphatic carboxylic acids is 1. The molecule has 0 spiro atoms. The van der Waals surface area contributed by atoms with Crippen LogP contribution in [0.2, 0.25) is 0 Å². The number of amides is 1. The van der Waals surface area contributed by atoms with Gasteiger partial charge in [0, 0.05) is 0 Å². The molecular weight excluding hydrogens is 222 g/mol. The SMILES string of the molecule is CC/C=C1/SC(=S)N(CC(=O)O)C1=O. The first-order valence-corrected chi connectivity index (χ1v) is 5.24. The van der Waals surface area contributed by atoms with Crippen LogP contribution in [0.5, 0.6) is 0 Å². The second-order valence-corrected chi connectivity index (χ2v) is 4.31. The van der Waals surface area contributed by atoms with Crippen LogP contribution >= 0.6 is 24.0 Å². The van der Waals surface area contributed by atoms with Gasteiger partial charge in [-0.1, -0.05) is 37.0 Å². The lowest BCUT2D eigenvalue weighted by Crippen LogP contribution is -2.33. The summed E-state index contributed by atoms with van der Waals surface area (Å²) in [5, 5.41) is 8.54. The van der Waals surface area contributed by atoms with E-state index in [1.807, 2.05) is 6.92 Å². The van der Waals surface area contributed by atoms with E-state index in [2.05, 4.69) is 0 Å². The zero-order valence-electron chi connectivity index (χ0n) is 7.52. The van der Waals surface area contributed by atoms with Gasteiger partial charge in [0.1, 0.15) is 10.9 Å². The molecule has 1 heterocycles. The average Bonchev–Trinajstić information content (AvgIpc) is 2.33. The number of carbonyl (C=O) groups is 2. The first-order chi connectivity index (χ1) is 6.56. The fraction of sp³-hybridized carbons (Fsp3) is 0.375. The Morgan fingerprint density at radius 2 is 2.36 bits per heavy atom. The molecule has 4 nitrogen and oxygen atoms in total. The van der Waals surface area contributed by atoms with Gasteiger partial charge >= 0.3 is 5.97 Å². The largest absolute Gasteiger partial charge is 0.480 e. The maximum Gasteiger partial charge on any atom is 0.323 e. The second kappa shape index (κ2) is 4.56. The number of hydrogen-bond donors (Lipinski definition) is 1. The van der Waals surface area contributed by atoms with E-state index < -0.39 is 5.97 Å². The van der Waals surface area contributed by atoms with Gasteiger partial charge in [0.25, 0.3) is 5.91 Å². The summed E-state index contributed by atoms with van der Waals surface area (Å²) in [4.78, 5) is 23.6. The summed E-state index contributed by atoms with van der Waals surface area (Å²) >= 11 is 6.05. The minimum atomic E-state index is -1.06. The molecule has 14 heavy (non-hydrogen) atoms. The van der Waals surface area contributed by atoms with Crippen molar-refractivity contribution < 1.29 is 14.7 Å². The van der Waals surface area contributed by atoms with E-state index in [1.54, 1.807) is 6.08 Å². The molecule has 0 aliphatic carbocycles. The van der Waals surface area contributed by atoms with E-state index >= 15 is 0 Å². The summed E-state index contributed by atoms with van der Waals surface area (Å²) in [5.41, 5.74) is 0. The first kappa shape index (κ1) is 11.2. The highest BCUT2D eigenvalue weighted by atomic mass is 32.2. The molecule has 1 rings (SSSR count). The fourth-order valence-corrected chi connectivity index (χ4v) is 2.30. The molecule has 6 heteroatoms. The molecule has 1 amide bonds. The summed E-state index contributed by atoms with van der Waals surface area (Å²) in [7, 11) is 0. The Morgan fingerprint density at radius 1 is 1.71 bits per heavy atom. The fourth-order valence-electron chi connectivity index (χ4n) is 0.995. The summed E-state index contributed by atoms with van der Waals surface area (Å²) in [6, 6.07) is 0. The van der Waals surface area contributed by atoms with Gasteiger partial charge in [0.15, 0.2) is 0 Å². The lowest BCUT2D eigenvalue weighted by atomic mass is 10.4. The normalized spacial score (nSPS) is 19.5. The van der Waals surface area contributed by atoms with Gasteiger partial charge in [-0.2, -0.15) is 0 Å². The third-order valence-corrected chi connectivity index (χ3v) is 2.98. The van der Waals surface area contributed by atoms with Crippen LogP contribution in [0.3, 0.4) is 0 Å². The Kier molecular flexibility index (Phi) is 3.65. The van der Waals surface area contributed by atoms with Crippen LogP contribution in [-0.2, 0) is 9.59 Å². The standard InChI is InChI=1S/C8H9NO3S2/c1-2-3-5-7(12)9(4-6(10)11)8(13)14-5/h3H,2,4H2,1H3,(H,10,11)/b5-3+. The van der Waals surface area contributed by atoms with Crippen molar-refractivity contribution in [3.8, 4) is 0 Å². The predicted molar refractivity (Wildman–Crippen MR) is 57.9 cm³/mol. The first-order valence-electron chi connectivity index (χ1n) is 4.02. The number of thiocarbonyl (C=S) groups is 1. The summed E-state index contributed by atoms with van der Waals surface area (Å²) in [6.45, 7) is 1.55. The van der Waals surface area contributed by atoms with E-state index in [0.29, 0.717) is 9.23 Å². The molecule has 0 atom stereocenters. The molecular formula is C8H9NO3S2. The van der Waals surface area contributed by atoms with E-state index in [1.165, 1.54) is 0 Å². The number of hydrogen-bond acceptors (Lipinski definition) is 4. The molecule has 76 valence electrons. The molecule has 0 aromatic rings. The second-order valence-electron chi connectivity index (χ2n) is 2.63. The number of rotatable bonds is 3. The summed E-state index contributed by atoms with van der Waals surface area (Å²) in [6.07, 6.45) is 2.48. The van der Waals surface area contributed by atoms with Crippen molar-refractivity contribution >= 4 is 40.2 Å². The van der Waals surface area contributed by atoms with Crippen molar-refractivity contribution in [3.05, 3.63) is 11.0 Å². The summed E-state index contributed by atoms with van der Waals surface area (Å²) in [5.74, 6) is -1.36. The summed E-state index contributed by atoms with van der Waals surface area (Å²) < 4.78 is 0.317. The molecule has 1 fully saturated rings. The number of carboxylic acid groups (broad SMARTS) is 1. The topological polar surface area (TPSA) is 57.6 Å². The minimum Gasteiger partial charge on any atom is -0.480 e. The van der Waals surface area contributed by atoms with Crippen LogP contribution in [-0.4, -0.2) is 32.7 Å². The third-order valence-electron chi connectivity index (χ3n) is 1.56. The lowest BCUT2D eigenvalue weighted by Gasteiger charge is -2.09. The zero-order chi connectivity index (χ0) is 10.7. The van der Waals surface area contributed by atoms with Crippen LogP contribution in [0.1, 0.15) is 13.3 Å². The average molecular weight is 231 g/mol. The molecule has 0 aromatic carbocycles. The Hall–Kier alpha value is -0.880. The predicted octanol–water partition coefficient (Wildman–Crippen LogP) is 1.23. The minimum absolute atomic E-state index is 0.302. The number of allylic oxidation sites excluding steroid dienone is 1. The molecule has 0 saturated carbocycles. The van der Waals surface area contributed by atoms with E-state index in [0.717, 1.165) is 23.1 Å². The van der Waals surface area contributed by atoms with E-state index in [9.17, 15) is 9.59 Å². The van der Waals surface area contributed by atoms with Crippen LogP contribution in [0, 0.1) is 0 Å². The van der Waals surface area contributed by atoms with Crippen molar-refractivity contribution in [2.75, 3.05) is 6.54 Å². The van der Waals surface area contributed by atoms with Gasteiger partial charge in [-0.3, -0.25) is 14.5 Å². The molecule has 1 saturated heterocycles. The van der Waals surface area contributed by atoms with Crippen LogP contribution in [0.4, 0.5) is 0 Å². The number of carboxylic acids is 1. The molecule has 0 bridgehead atoms. The van der Waals surface area contributed by atoms with Crippen LogP contribution in [0.25, 0.3) is 0 Å². The Bertz CT molecular complexity index is 325. The number of thioether (sulfide) groups is 1. The Labute approximate surface area is 91.0 Å². The quantitative estimate of drug-likeness (QED) is 0.584. The number of carbonyl (C=O) groups excluding carboxylic acids is 1. The van der Waals surface area contributed by atoms with Crippen LogP contribution in [0.15, 0.2) is 11.0 Å². The smallest absolute Gasteiger partial charge is 0.323 e. The zero-order valence-corrected chi connectivity index (χ0v) is 9.15. The van der Waals surface area contributed by atoms with Gasteiger partial charge in [-0.25, -0.2) is 0 Å². The van der Waals surface area contributed by atoms with Crippen LogP contribution < -0.4 is 0 Å². The van der Waals surface area contributed by atoms with Gasteiger partial charge in [-0.05, 0) is 6.42 Å². The van der Waals surface area contributed by atoms with Gasteiger partial charge < -0.3 is 5.11 Å². The maximum absolute atomic E-state index is 11.5. The van der Waals surface area contributed by atoms with Crippen molar-refractivity contribution in [1.29, 1.82) is 0 Å². The number of nitrogens with zero attached hydrogens (tertiary/aromatic N) is 1. The highest BCUT2D eigenvalue weighted by molar-refractivity contribution is 8.26.